The summed E-state index contributed by atoms with van der Waals surface area (Å²) in [5, 5.41) is 9.64. The molecule has 0 radical (unpaired) electrons. The highest BCUT2D eigenvalue weighted by molar-refractivity contribution is 5.90. The smallest absolute Gasteiger partial charge is 0.221 e. The minimum absolute atomic E-state index is 0.127. The van der Waals surface area contributed by atoms with Crippen LogP contribution in [-0.4, -0.2) is 50.1 Å². The number of benzene rings is 2. The first-order valence-corrected chi connectivity index (χ1v) is 10.8. The number of carbonyl (C=O) groups is 1. The van der Waals surface area contributed by atoms with Crippen molar-refractivity contribution < 1.29 is 9.53 Å². The van der Waals surface area contributed by atoms with Crippen molar-refractivity contribution in [1.82, 2.24) is 15.5 Å². The summed E-state index contributed by atoms with van der Waals surface area (Å²) in [4.78, 5) is 18.3. The summed E-state index contributed by atoms with van der Waals surface area (Å²) in [5.74, 6) is 1.28. The Labute approximate surface area is 184 Å². The molecule has 3 rings (SSSR count). The summed E-state index contributed by atoms with van der Waals surface area (Å²) < 4.78 is 5.32. The maximum Gasteiger partial charge on any atom is 0.221 e. The summed E-state index contributed by atoms with van der Waals surface area (Å²) >= 11 is 0. The lowest BCUT2D eigenvalue weighted by molar-refractivity contribution is -0.114. The van der Waals surface area contributed by atoms with Crippen LogP contribution < -0.4 is 20.7 Å². The molecule has 1 amide bonds. The number of aliphatic imine (C=N–C) groups is 1. The van der Waals surface area contributed by atoms with Gasteiger partial charge in [-0.1, -0.05) is 36.4 Å². The number of nitrogens with one attached hydrogen (secondary N) is 3. The number of ether oxygens (including phenoxy) is 1. The standard InChI is InChI=1S/C24H33N5O2/c1-18(30)28-22-14-20(11-12-23(22)31-3)15-26-24(25-2)27-16-21-10-7-13-29(21)17-19-8-5-4-6-9-19/h4-6,8-9,11-12,14,21H,7,10,13,15-17H2,1-3H3,(H,28,30)(H2,25,26,27). The van der Waals surface area contributed by atoms with Gasteiger partial charge < -0.3 is 20.7 Å². The quantitative estimate of drug-likeness (QED) is 0.449. The molecule has 1 heterocycles. The molecule has 31 heavy (non-hydrogen) atoms. The summed E-state index contributed by atoms with van der Waals surface area (Å²) in [6.07, 6.45) is 2.42. The van der Waals surface area contributed by atoms with Crippen LogP contribution in [0, 0.1) is 0 Å². The number of nitrogens with zero attached hydrogens (tertiary/aromatic N) is 2. The van der Waals surface area contributed by atoms with Gasteiger partial charge in [0.05, 0.1) is 12.8 Å². The molecule has 0 aromatic heterocycles. The van der Waals surface area contributed by atoms with Crippen LogP contribution >= 0.6 is 0 Å². The average molecular weight is 424 g/mol. The first-order valence-electron chi connectivity index (χ1n) is 10.8. The zero-order valence-electron chi connectivity index (χ0n) is 18.6. The molecule has 1 aliphatic rings. The van der Waals surface area contributed by atoms with Crippen molar-refractivity contribution in [2.24, 2.45) is 4.99 Å². The van der Waals surface area contributed by atoms with Crippen LogP contribution in [0.4, 0.5) is 5.69 Å². The van der Waals surface area contributed by atoms with Crippen LogP contribution in [0.25, 0.3) is 0 Å². The summed E-state index contributed by atoms with van der Waals surface area (Å²) in [7, 11) is 3.37. The van der Waals surface area contributed by atoms with Crippen molar-refractivity contribution in [3.63, 3.8) is 0 Å². The molecule has 0 spiro atoms. The van der Waals surface area contributed by atoms with E-state index >= 15 is 0 Å². The normalized spacial score (nSPS) is 16.7. The van der Waals surface area contributed by atoms with E-state index in [1.165, 1.54) is 25.3 Å². The zero-order valence-corrected chi connectivity index (χ0v) is 18.6. The Morgan fingerprint density at radius 3 is 2.68 bits per heavy atom. The SMILES string of the molecule is CN=C(NCc1ccc(OC)c(NC(C)=O)c1)NCC1CCCN1Cc1ccccc1. The van der Waals surface area contributed by atoms with Crippen molar-refractivity contribution in [2.75, 3.05) is 32.6 Å². The molecular weight excluding hydrogens is 390 g/mol. The van der Waals surface area contributed by atoms with E-state index in [4.69, 9.17) is 4.74 Å². The molecule has 166 valence electrons. The van der Waals surface area contributed by atoms with Gasteiger partial charge in [0.1, 0.15) is 5.75 Å². The van der Waals surface area contributed by atoms with E-state index in [9.17, 15) is 4.79 Å². The lowest BCUT2D eigenvalue weighted by atomic mass is 10.1. The largest absolute Gasteiger partial charge is 0.495 e. The molecule has 0 saturated carbocycles. The summed E-state index contributed by atoms with van der Waals surface area (Å²) in [6.45, 7) is 5.04. The molecule has 0 bridgehead atoms. The fraction of sp³-hybridized carbons (Fsp3) is 0.417. The molecule has 1 saturated heterocycles. The van der Waals surface area contributed by atoms with Crippen molar-refractivity contribution in [1.29, 1.82) is 0 Å². The van der Waals surface area contributed by atoms with Crippen molar-refractivity contribution in [2.45, 2.75) is 38.9 Å². The average Bonchev–Trinajstić information content (AvgIpc) is 3.21. The molecule has 0 aliphatic carbocycles. The predicted octanol–water partition coefficient (Wildman–Crippen LogP) is 2.98. The van der Waals surface area contributed by atoms with E-state index in [1.54, 1.807) is 14.2 Å². The van der Waals surface area contributed by atoms with Gasteiger partial charge in [-0.3, -0.25) is 14.7 Å². The van der Waals surface area contributed by atoms with Crippen molar-refractivity contribution in [3.8, 4) is 5.75 Å². The number of methoxy groups -OCH3 is 1. The molecule has 1 unspecified atom stereocenters. The van der Waals surface area contributed by atoms with E-state index < -0.39 is 0 Å². The molecular formula is C24H33N5O2. The number of hydrogen-bond acceptors (Lipinski definition) is 4. The Kier molecular flexibility index (Phi) is 8.29. The Bertz CT molecular complexity index is 885. The second kappa shape index (κ2) is 11.4. The third-order valence-electron chi connectivity index (χ3n) is 5.49. The van der Waals surface area contributed by atoms with E-state index in [1.807, 2.05) is 18.2 Å². The van der Waals surface area contributed by atoms with Gasteiger partial charge in [0, 0.05) is 39.6 Å². The third kappa shape index (κ3) is 6.72. The number of rotatable bonds is 8. The second-order valence-corrected chi connectivity index (χ2v) is 7.77. The molecule has 7 heteroatoms. The maximum absolute atomic E-state index is 11.4. The second-order valence-electron chi connectivity index (χ2n) is 7.77. The Morgan fingerprint density at radius 1 is 1.16 bits per heavy atom. The van der Waals surface area contributed by atoms with E-state index in [0.717, 1.165) is 31.2 Å². The highest BCUT2D eigenvalue weighted by Crippen LogP contribution is 2.25. The summed E-state index contributed by atoms with van der Waals surface area (Å²) in [6, 6.07) is 16.9. The molecule has 2 aromatic rings. The molecule has 3 N–H and O–H groups in total. The molecule has 1 atom stereocenters. The minimum Gasteiger partial charge on any atom is -0.495 e. The van der Waals surface area contributed by atoms with Gasteiger partial charge in [-0.25, -0.2) is 0 Å². The van der Waals surface area contributed by atoms with Gasteiger partial charge in [-0.2, -0.15) is 0 Å². The van der Waals surface area contributed by atoms with Gasteiger partial charge in [0.25, 0.3) is 0 Å². The van der Waals surface area contributed by atoms with Crippen LogP contribution in [0.1, 0.15) is 30.9 Å². The third-order valence-corrected chi connectivity index (χ3v) is 5.49. The van der Waals surface area contributed by atoms with Crippen LogP contribution in [0.5, 0.6) is 5.75 Å². The topological polar surface area (TPSA) is 78.0 Å². The summed E-state index contributed by atoms with van der Waals surface area (Å²) in [5.41, 5.74) is 3.05. The fourth-order valence-corrected chi connectivity index (χ4v) is 3.93. The lowest BCUT2D eigenvalue weighted by Gasteiger charge is -2.25. The van der Waals surface area contributed by atoms with Crippen molar-refractivity contribution >= 4 is 17.6 Å². The number of anilines is 1. The number of amides is 1. The zero-order chi connectivity index (χ0) is 22.1. The van der Waals surface area contributed by atoms with Crippen molar-refractivity contribution in [3.05, 3.63) is 59.7 Å². The van der Waals surface area contributed by atoms with E-state index in [-0.39, 0.29) is 5.91 Å². The monoisotopic (exact) mass is 423 g/mol. The van der Waals surface area contributed by atoms with Crippen LogP contribution in [-0.2, 0) is 17.9 Å². The van der Waals surface area contributed by atoms with Crippen LogP contribution in [0.3, 0.4) is 0 Å². The van der Waals surface area contributed by atoms with Gasteiger partial charge in [-0.15, -0.1) is 0 Å². The number of likely N-dealkylation sites (tertiary alicyclic amines) is 1. The van der Waals surface area contributed by atoms with Gasteiger partial charge in [0.2, 0.25) is 5.91 Å². The number of carbonyl (C=O) groups excluding carboxylic acids is 1. The molecule has 2 aromatic carbocycles. The Morgan fingerprint density at radius 2 is 1.97 bits per heavy atom. The van der Waals surface area contributed by atoms with E-state index in [0.29, 0.717) is 24.0 Å². The number of guanidine groups is 1. The first kappa shape index (κ1) is 22.6. The van der Waals surface area contributed by atoms with E-state index in [2.05, 4.69) is 56.2 Å². The highest BCUT2D eigenvalue weighted by Gasteiger charge is 2.24. The van der Waals surface area contributed by atoms with Crippen LogP contribution in [0.2, 0.25) is 0 Å². The first-order chi connectivity index (χ1) is 15.1. The predicted molar refractivity (Wildman–Crippen MR) is 125 cm³/mol. The highest BCUT2D eigenvalue weighted by atomic mass is 16.5. The fourth-order valence-electron chi connectivity index (χ4n) is 3.93. The molecule has 7 nitrogen and oxygen atoms in total. The maximum atomic E-state index is 11.4. The van der Waals surface area contributed by atoms with Crippen LogP contribution in [0.15, 0.2) is 53.5 Å². The Balaban J connectivity index is 1.52. The van der Waals surface area contributed by atoms with Gasteiger partial charge in [0.15, 0.2) is 5.96 Å². The lowest BCUT2D eigenvalue weighted by Crippen LogP contribution is -2.44. The minimum atomic E-state index is -0.127. The Hall–Kier alpha value is -3.06. The van der Waals surface area contributed by atoms with Gasteiger partial charge >= 0.3 is 0 Å². The van der Waals surface area contributed by atoms with Gasteiger partial charge in [-0.05, 0) is 42.6 Å². The molecule has 1 fully saturated rings. The molecule has 1 aliphatic heterocycles. The number of hydrogen-bond donors (Lipinski definition) is 3.